The third-order valence-corrected chi connectivity index (χ3v) is 5.16. The predicted molar refractivity (Wildman–Crippen MR) is 106 cm³/mol. The van der Waals surface area contributed by atoms with E-state index in [4.69, 9.17) is 4.74 Å². The summed E-state index contributed by atoms with van der Waals surface area (Å²) in [5.74, 6) is -1.62. The molecule has 0 heterocycles. The number of carbonyl (C=O) groups is 2. The summed E-state index contributed by atoms with van der Waals surface area (Å²) in [6.07, 6.45) is 0.349. The first-order valence-corrected chi connectivity index (χ1v) is 9.48. The maximum Gasteiger partial charge on any atom is 0.323 e. The number of hydrogen-bond donors (Lipinski definition) is 2. The second kappa shape index (κ2) is 7.91. The Labute approximate surface area is 162 Å². The van der Waals surface area contributed by atoms with Crippen LogP contribution in [0.25, 0.3) is 0 Å². The largest absolute Gasteiger partial charge is 0.507 e. The van der Waals surface area contributed by atoms with E-state index in [0.29, 0.717) is 0 Å². The molecule has 0 aliphatic heterocycles. The number of esters is 1. The average molecular weight is 379 g/mol. The summed E-state index contributed by atoms with van der Waals surface area (Å²) in [5, 5.41) is 20.3. The van der Waals surface area contributed by atoms with Crippen LogP contribution in [0.2, 0.25) is 0 Å². The minimum absolute atomic E-state index is 0.0275. The second-order valence-electron chi connectivity index (χ2n) is 9.21. The number of benzene rings is 1. The molecule has 152 valence electrons. The van der Waals surface area contributed by atoms with Crippen molar-refractivity contribution in [3.63, 3.8) is 0 Å². The van der Waals surface area contributed by atoms with Gasteiger partial charge in [0.1, 0.15) is 12.4 Å². The Hall–Kier alpha value is -2.04. The van der Waals surface area contributed by atoms with Gasteiger partial charge in [0.2, 0.25) is 0 Å². The fourth-order valence-corrected chi connectivity index (χ4v) is 3.14. The number of rotatable bonds is 6. The van der Waals surface area contributed by atoms with Crippen LogP contribution in [0.3, 0.4) is 0 Å². The van der Waals surface area contributed by atoms with Crippen LogP contribution in [0.1, 0.15) is 84.9 Å². The highest BCUT2D eigenvalue weighted by atomic mass is 16.5. The van der Waals surface area contributed by atoms with Crippen molar-refractivity contribution in [2.24, 2.45) is 5.41 Å². The number of carboxylic acid groups (broad SMARTS) is 1. The first-order chi connectivity index (χ1) is 12.2. The lowest BCUT2D eigenvalue weighted by molar-refractivity contribution is -0.170. The van der Waals surface area contributed by atoms with Crippen molar-refractivity contribution in [1.82, 2.24) is 0 Å². The fraction of sp³-hybridized carbons (Fsp3) is 0.636. The molecule has 0 radical (unpaired) electrons. The van der Waals surface area contributed by atoms with Gasteiger partial charge < -0.3 is 14.9 Å². The molecule has 1 rings (SSSR count). The monoisotopic (exact) mass is 378 g/mol. The Bertz CT molecular complexity index is 665. The molecule has 0 bridgehead atoms. The fourth-order valence-electron chi connectivity index (χ4n) is 3.14. The summed E-state index contributed by atoms with van der Waals surface area (Å²) < 4.78 is 5.41. The van der Waals surface area contributed by atoms with E-state index in [9.17, 15) is 19.8 Å². The van der Waals surface area contributed by atoms with Gasteiger partial charge in [0.05, 0.1) is 0 Å². The molecule has 0 fully saturated rings. The van der Waals surface area contributed by atoms with Gasteiger partial charge in [-0.05, 0) is 52.5 Å². The van der Waals surface area contributed by atoms with Crippen molar-refractivity contribution in [3.05, 3.63) is 28.8 Å². The van der Waals surface area contributed by atoms with Crippen LogP contribution in [-0.2, 0) is 31.8 Å². The standard InChI is InChI=1S/C22H34O5/c1-9-22(10-2,18(24)25)19(26)27-13-14-11-15(20(3,4)5)17(23)16(12-14)21(6,7)8/h11-12,23H,9-10,13H2,1-8H3,(H,24,25). The Kier molecular flexibility index (Phi) is 6.74. The summed E-state index contributed by atoms with van der Waals surface area (Å²) in [5.41, 5.74) is 0.190. The van der Waals surface area contributed by atoms with Gasteiger partial charge in [-0.1, -0.05) is 55.4 Å². The third kappa shape index (κ3) is 4.82. The zero-order valence-corrected chi connectivity index (χ0v) is 17.9. The highest BCUT2D eigenvalue weighted by Gasteiger charge is 2.44. The van der Waals surface area contributed by atoms with Crippen molar-refractivity contribution in [2.75, 3.05) is 0 Å². The first kappa shape index (κ1) is 23.0. The molecule has 0 aliphatic carbocycles. The van der Waals surface area contributed by atoms with Crippen molar-refractivity contribution in [3.8, 4) is 5.75 Å². The number of hydrogen-bond acceptors (Lipinski definition) is 4. The van der Waals surface area contributed by atoms with E-state index in [-0.39, 0.29) is 36.0 Å². The molecule has 5 nitrogen and oxygen atoms in total. The van der Waals surface area contributed by atoms with Crippen LogP contribution in [0.4, 0.5) is 0 Å². The SMILES string of the molecule is CCC(CC)(C(=O)O)C(=O)OCc1cc(C(C)(C)C)c(O)c(C(C)(C)C)c1. The molecule has 0 amide bonds. The Balaban J connectivity index is 3.29. The molecule has 0 saturated carbocycles. The number of carbonyl (C=O) groups excluding carboxylic acids is 1. The Morgan fingerprint density at radius 2 is 1.33 bits per heavy atom. The molecule has 0 spiro atoms. The van der Waals surface area contributed by atoms with E-state index in [2.05, 4.69) is 0 Å². The van der Waals surface area contributed by atoms with Gasteiger partial charge in [-0.3, -0.25) is 9.59 Å². The Morgan fingerprint density at radius 3 is 1.63 bits per heavy atom. The maximum atomic E-state index is 12.5. The van der Waals surface area contributed by atoms with Crippen LogP contribution in [0, 0.1) is 5.41 Å². The highest BCUT2D eigenvalue weighted by molar-refractivity contribution is 5.99. The van der Waals surface area contributed by atoms with E-state index < -0.39 is 17.4 Å². The number of phenolic OH excluding ortho intramolecular Hbond substituents is 1. The molecular weight excluding hydrogens is 344 g/mol. The lowest BCUT2D eigenvalue weighted by Gasteiger charge is -2.28. The van der Waals surface area contributed by atoms with Crippen molar-refractivity contribution in [2.45, 2.75) is 85.7 Å². The zero-order valence-electron chi connectivity index (χ0n) is 17.9. The lowest BCUT2D eigenvalue weighted by atomic mass is 9.78. The quantitative estimate of drug-likeness (QED) is 0.542. The minimum atomic E-state index is -1.52. The van der Waals surface area contributed by atoms with Gasteiger partial charge in [0.25, 0.3) is 0 Å². The van der Waals surface area contributed by atoms with Crippen LogP contribution in [0.15, 0.2) is 12.1 Å². The van der Waals surface area contributed by atoms with E-state index in [1.54, 1.807) is 13.8 Å². The number of ether oxygens (including phenoxy) is 1. The van der Waals surface area contributed by atoms with Crippen LogP contribution >= 0.6 is 0 Å². The first-order valence-electron chi connectivity index (χ1n) is 9.48. The lowest BCUT2D eigenvalue weighted by Crippen LogP contribution is -2.39. The topological polar surface area (TPSA) is 83.8 Å². The van der Waals surface area contributed by atoms with Crippen LogP contribution in [0.5, 0.6) is 5.75 Å². The van der Waals surface area contributed by atoms with Crippen molar-refractivity contribution in [1.29, 1.82) is 0 Å². The van der Waals surface area contributed by atoms with Gasteiger partial charge in [0, 0.05) is 0 Å². The number of phenols is 1. The van der Waals surface area contributed by atoms with Gasteiger partial charge in [0.15, 0.2) is 5.41 Å². The molecule has 1 aromatic rings. The van der Waals surface area contributed by atoms with E-state index >= 15 is 0 Å². The second-order valence-corrected chi connectivity index (χ2v) is 9.21. The van der Waals surface area contributed by atoms with Crippen LogP contribution in [-0.4, -0.2) is 22.2 Å². The molecule has 0 unspecified atom stereocenters. The van der Waals surface area contributed by atoms with Gasteiger partial charge in [-0.25, -0.2) is 0 Å². The summed E-state index contributed by atoms with van der Waals surface area (Å²) in [6.45, 7) is 15.4. The smallest absolute Gasteiger partial charge is 0.323 e. The third-order valence-electron chi connectivity index (χ3n) is 5.16. The van der Waals surface area contributed by atoms with E-state index in [0.717, 1.165) is 16.7 Å². The molecule has 0 aromatic heterocycles. The maximum absolute atomic E-state index is 12.5. The number of aromatic hydroxyl groups is 1. The molecule has 2 N–H and O–H groups in total. The van der Waals surface area contributed by atoms with E-state index in [1.165, 1.54) is 0 Å². The predicted octanol–water partition coefficient (Wildman–Crippen LogP) is 4.92. The van der Waals surface area contributed by atoms with E-state index in [1.807, 2.05) is 53.7 Å². The van der Waals surface area contributed by atoms with Gasteiger partial charge in [-0.2, -0.15) is 0 Å². The minimum Gasteiger partial charge on any atom is -0.507 e. The Morgan fingerprint density at radius 1 is 0.926 bits per heavy atom. The van der Waals surface area contributed by atoms with Gasteiger partial charge in [-0.15, -0.1) is 0 Å². The summed E-state index contributed by atoms with van der Waals surface area (Å²) >= 11 is 0. The summed E-state index contributed by atoms with van der Waals surface area (Å²) in [4.78, 5) is 24.1. The molecule has 5 heteroatoms. The molecule has 27 heavy (non-hydrogen) atoms. The zero-order chi connectivity index (χ0) is 21.2. The molecule has 0 saturated heterocycles. The van der Waals surface area contributed by atoms with Crippen molar-refractivity contribution < 1.29 is 24.5 Å². The summed E-state index contributed by atoms with van der Waals surface area (Å²) in [6, 6.07) is 3.66. The molecule has 0 atom stereocenters. The average Bonchev–Trinajstić information content (AvgIpc) is 2.52. The normalized spacial score (nSPS) is 12.7. The van der Waals surface area contributed by atoms with Crippen molar-refractivity contribution >= 4 is 11.9 Å². The molecular formula is C22H34O5. The van der Waals surface area contributed by atoms with Gasteiger partial charge >= 0.3 is 11.9 Å². The highest BCUT2D eigenvalue weighted by Crippen LogP contribution is 2.40. The molecule has 0 aliphatic rings. The summed E-state index contributed by atoms with van der Waals surface area (Å²) in [7, 11) is 0. The van der Waals surface area contributed by atoms with Crippen LogP contribution < -0.4 is 0 Å². The molecule has 1 aromatic carbocycles. The number of carboxylic acids is 1. The number of aliphatic carboxylic acids is 1.